The van der Waals surface area contributed by atoms with Crippen molar-refractivity contribution in [2.24, 2.45) is 23.7 Å². The third-order valence-electron chi connectivity index (χ3n) is 9.14. The maximum absolute atomic E-state index is 6.54. The molecule has 6 nitrogen and oxygen atoms in total. The third kappa shape index (κ3) is 3.87. The Kier molecular flexibility index (Phi) is 5.83. The highest BCUT2D eigenvalue weighted by atomic mass is 17.3. The van der Waals surface area contributed by atoms with Gasteiger partial charge < -0.3 is 14.2 Å². The lowest BCUT2D eigenvalue weighted by atomic mass is 9.58. The molecule has 5 aliphatic heterocycles. The molecule has 8 atom stereocenters. The Labute approximate surface area is 197 Å². The minimum absolute atomic E-state index is 0.209. The minimum atomic E-state index is -0.742. The number of likely N-dealkylation sites (tertiary alicyclic amines) is 1. The SMILES string of the molecule is C[C@H]1[C@@H](OCc2ccc(CN3CCCC3)cc2)O[C@@H]2O[C@]3(C)CC[C@H]4[C@H](C)CC[C@@H]1[C@@]24OO3. The van der Waals surface area contributed by atoms with Crippen molar-refractivity contribution >= 4 is 0 Å². The van der Waals surface area contributed by atoms with Gasteiger partial charge in [0.2, 0.25) is 5.79 Å². The first-order valence-electron chi connectivity index (χ1n) is 13.1. The number of hydrogen-bond donors (Lipinski definition) is 0. The maximum Gasteiger partial charge on any atom is 0.201 e. The lowest BCUT2D eigenvalue weighted by Crippen LogP contribution is -2.70. The molecule has 0 radical (unpaired) electrons. The van der Waals surface area contributed by atoms with Crippen LogP contribution in [0.5, 0.6) is 0 Å². The summed E-state index contributed by atoms with van der Waals surface area (Å²) < 4.78 is 19.4. The van der Waals surface area contributed by atoms with Crippen molar-refractivity contribution in [1.82, 2.24) is 4.90 Å². The Hall–Kier alpha value is -1.02. The maximum atomic E-state index is 6.54. The fraction of sp³-hybridized carbons (Fsp3) is 0.778. The van der Waals surface area contributed by atoms with Gasteiger partial charge in [0.15, 0.2) is 18.2 Å². The first-order chi connectivity index (χ1) is 16.0. The van der Waals surface area contributed by atoms with Gasteiger partial charge >= 0.3 is 0 Å². The van der Waals surface area contributed by atoms with Crippen molar-refractivity contribution in [3.05, 3.63) is 35.4 Å². The Morgan fingerprint density at radius 3 is 2.52 bits per heavy atom. The van der Waals surface area contributed by atoms with Gasteiger partial charge in [-0.1, -0.05) is 38.1 Å². The third-order valence-corrected chi connectivity index (χ3v) is 9.14. The Balaban J connectivity index is 1.15. The lowest BCUT2D eigenvalue weighted by molar-refractivity contribution is -0.577. The molecule has 5 saturated heterocycles. The molecule has 1 aromatic rings. The Morgan fingerprint density at radius 2 is 1.73 bits per heavy atom. The van der Waals surface area contributed by atoms with Gasteiger partial charge in [0.25, 0.3) is 0 Å². The summed E-state index contributed by atoms with van der Waals surface area (Å²) in [7, 11) is 0. The molecular formula is C27H39NO5. The van der Waals surface area contributed by atoms with E-state index in [2.05, 4.69) is 43.0 Å². The van der Waals surface area contributed by atoms with E-state index in [0.29, 0.717) is 24.4 Å². The van der Waals surface area contributed by atoms with E-state index in [0.717, 1.165) is 25.8 Å². The van der Waals surface area contributed by atoms with Crippen LogP contribution >= 0.6 is 0 Å². The molecule has 6 aliphatic rings. The van der Waals surface area contributed by atoms with Gasteiger partial charge in [-0.15, -0.1) is 0 Å². The van der Waals surface area contributed by atoms with Crippen LogP contribution in [0.3, 0.4) is 0 Å². The van der Waals surface area contributed by atoms with Crippen molar-refractivity contribution in [2.75, 3.05) is 13.1 Å². The fourth-order valence-electron chi connectivity index (χ4n) is 7.18. The topological polar surface area (TPSA) is 49.4 Å². The highest BCUT2D eigenvalue weighted by Crippen LogP contribution is 2.60. The zero-order valence-corrected chi connectivity index (χ0v) is 20.3. The molecule has 2 bridgehead atoms. The van der Waals surface area contributed by atoms with Crippen molar-refractivity contribution in [1.29, 1.82) is 0 Å². The smallest absolute Gasteiger partial charge is 0.201 e. The van der Waals surface area contributed by atoms with Gasteiger partial charge in [0, 0.05) is 24.8 Å². The van der Waals surface area contributed by atoms with E-state index in [9.17, 15) is 0 Å². The predicted molar refractivity (Wildman–Crippen MR) is 123 cm³/mol. The number of ether oxygens (including phenoxy) is 3. The quantitative estimate of drug-likeness (QED) is 0.580. The summed E-state index contributed by atoms with van der Waals surface area (Å²) in [6.45, 7) is 10.6. The summed E-state index contributed by atoms with van der Waals surface area (Å²) in [5.41, 5.74) is 2.03. The fourth-order valence-corrected chi connectivity index (χ4v) is 7.18. The molecule has 182 valence electrons. The molecule has 7 rings (SSSR count). The van der Waals surface area contributed by atoms with Gasteiger partial charge in [-0.3, -0.25) is 4.90 Å². The molecule has 6 heteroatoms. The lowest BCUT2D eigenvalue weighted by Gasteiger charge is -2.60. The van der Waals surface area contributed by atoms with E-state index in [1.54, 1.807) is 0 Å². The molecule has 1 aliphatic carbocycles. The number of nitrogens with zero attached hydrogens (tertiary/aromatic N) is 1. The second kappa shape index (κ2) is 8.58. The van der Waals surface area contributed by atoms with Crippen LogP contribution in [0.15, 0.2) is 24.3 Å². The molecule has 0 N–H and O–H groups in total. The van der Waals surface area contributed by atoms with Crippen molar-refractivity contribution in [3.8, 4) is 0 Å². The minimum Gasteiger partial charge on any atom is -0.348 e. The van der Waals surface area contributed by atoms with Crippen LogP contribution in [0.2, 0.25) is 0 Å². The molecule has 5 heterocycles. The molecule has 0 unspecified atom stereocenters. The largest absolute Gasteiger partial charge is 0.348 e. The highest BCUT2D eigenvalue weighted by Gasteiger charge is 2.69. The monoisotopic (exact) mass is 457 g/mol. The number of benzene rings is 1. The number of hydrogen-bond acceptors (Lipinski definition) is 6. The molecular weight excluding hydrogens is 418 g/mol. The van der Waals surface area contributed by atoms with Gasteiger partial charge in [-0.2, -0.15) is 0 Å². The van der Waals surface area contributed by atoms with E-state index in [1.807, 2.05) is 6.92 Å². The zero-order valence-electron chi connectivity index (χ0n) is 20.3. The van der Waals surface area contributed by atoms with Gasteiger partial charge in [0.1, 0.15) is 0 Å². The molecule has 1 spiro atoms. The van der Waals surface area contributed by atoms with Gasteiger partial charge in [-0.05, 0) is 75.1 Å². The van der Waals surface area contributed by atoms with Gasteiger partial charge in [-0.25, -0.2) is 9.78 Å². The van der Waals surface area contributed by atoms with Crippen molar-refractivity contribution < 1.29 is 24.0 Å². The normalized spacial score (nSPS) is 45.1. The van der Waals surface area contributed by atoms with Crippen LogP contribution in [0.25, 0.3) is 0 Å². The molecule has 0 aromatic heterocycles. The van der Waals surface area contributed by atoms with Crippen molar-refractivity contribution in [2.45, 2.75) is 96.4 Å². The number of rotatable bonds is 5. The molecule has 0 amide bonds. The van der Waals surface area contributed by atoms with Crippen molar-refractivity contribution in [3.63, 3.8) is 0 Å². The molecule has 33 heavy (non-hydrogen) atoms. The first-order valence-corrected chi connectivity index (χ1v) is 13.1. The summed E-state index contributed by atoms with van der Waals surface area (Å²) >= 11 is 0. The second-order valence-electron chi connectivity index (χ2n) is 11.4. The van der Waals surface area contributed by atoms with Crippen LogP contribution in [0, 0.1) is 23.7 Å². The van der Waals surface area contributed by atoms with E-state index >= 15 is 0 Å². The van der Waals surface area contributed by atoms with E-state index < -0.39 is 17.7 Å². The predicted octanol–water partition coefficient (Wildman–Crippen LogP) is 5.01. The summed E-state index contributed by atoms with van der Waals surface area (Å²) in [6.07, 6.45) is 6.09. The van der Waals surface area contributed by atoms with Crippen LogP contribution in [-0.4, -0.2) is 42.0 Å². The molecule has 1 aromatic carbocycles. The second-order valence-corrected chi connectivity index (χ2v) is 11.4. The van der Waals surface area contributed by atoms with Crippen LogP contribution in [-0.2, 0) is 37.1 Å². The Bertz CT molecular complexity index is 841. The zero-order chi connectivity index (χ0) is 22.6. The Morgan fingerprint density at radius 1 is 0.970 bits per heavy atom. The molecule has 6 fully saturated rings. The van der Waals surface area contributed by atoms with Crippen LogP contribution in [0.1, 0.15) is 70.4 Å². The summed E-state index contributed by atoms with van der Waals surface area (Å²) in [4.78, 5) is 14.7. The average Bonchev–Trinajstić information content (AvgIpc) is 3.22. The molecule has 1 saturated carbocycles. The highest BCUT2D eigenvalue weighted by molar-refractivity contribution is 5.22. The summed E-state index contributed by atoms with van der Waals surface area (Å²) in [6, 6.07) is 8.87. The van der Waals surface area contributed by atoms with Crippen LogP contribution in [0.4, 0.5) is 0 Å². The average molecular weight is 458 g/mol. The standard InChI is InChI=1S/C27H39NO5/c1-18-6-11-23-19(2)24(30-25-27(23)22(18)12-13-26(3,31-25)32-33-27)29-17-21-9-7-20(8-10-21)16-28-14-4-5-15-28/h7-10,18-19,22-25H,4-6,11-17H2,1-3H3/t18-,19-,22+,23+,24+,25-,26+,27-/m1/s1. The first kappa shape index (κ1) is 22.4. The van der Waals surface area contributed by atoms with E-state index in [4.69, 9.17) is 24.0 Å². The van der Waals surface area contributed by atoms with Gasteiger partial charge in [0.05, 0.1) is 6.61 Å². The summed E-state index contributed by atoms with van der Waals surface area (Å²) in [5.74, 6) is 0.725. The number of fused-ring (bicyclic) bond motifs is 2. The van der Waals surface area contributed by atoms with Crippen LogP contribution < -0.4 is 0 Å². The van der Waals surface area contributed by atoms with E-state index in [-0.39, 0.29) is 12.2 Å². The van der Waals surface area contributed by atoms with E-state index in [1.165, 1.54) is 43.5 Å². The summed E-state index contributed by atoms with van der Waals surface area (Å²) in [5, 5.41) is 0.